The molecule has 0 spiro atoms. The van der Waals surface area contributed by atoms with Crippen molar-refractivity contribution in [2.24, 2.45) is 4.40 Å². The minimum absolute atomic E-state index is 0.0381. The van der Waals surface area contributed by atoms with E-state index in [4.69, 9.17) is 4.74 Å². The van der Waals surface area contributed by atoms with E-state index in [-0.39, 0.29) is 16.6 Å². The number of carbonyl (C=O) groups is 1. The number of benzene rings is 2. The first-order valence-corrected chi connectivity index (χ1v) is 11.7. The highest BCUT2D eigenvalue weighted by Gasteiger charge is 2.30. The van der Waals surface area contributed by atoms with E-state index in [1.807, 2.05) is 4.90 Å². The highest BCUT2D eigenvalue weighted by Crippen LogP contribution is 2.34. The highest BCUT2D eigenvalue weighted by atomic mass is 32.2. The Kier molecular flexibility index (Phi) is 6.81. The van der Waals surface area contributed by atoms with Crippen LogP contribution < -0.4 is 15.0 Å². The van der Waals surface area contributed by atoms with Gasteiger partial charge in [-0.3, -0.25) is 4.79 Å². The summed E-state index contributed by atoms with van der Waals surface area (Å²) in [6, 6.07) is 13.9. The Bertz CT molecular complexity index is 1020. The Labute approximate surface area is 175 Å². The zero-order valence-corrected chi connectivity index (χ0v) is 17.9. The molecule has 0 atom stereocenters. The third-order valence-electron chi connectivity index (χ3n) is 4.28. The van der Waals surface area contributed by atoms with Crippen LogP contribution in [-0.2, 0) is 14.8 Å². The van der Waals surface area contributed by atoms with Crippen molar-refractivity contribution in [2.45, 2.75) is 24.7 Å². The molecule has 1 N–H and O–H groups in total. The number of thioether (sulfide) groups is 1. The van der Waals surface area contributed by atoms with Crippen LogP contribution in [0.15, 0.2) is 57.8 Å². The number of hydrogen-bond donors (Lipinski definition) is 1. The summed E-state index contributed by atoms with van der Waals surface area (Å²) in [5.41, 5.74) is 1.22. The van der Waals surface area contributed by atoms with E-state index in [0.717, 1.165) is 24.6 Å². The number of sulfonamides is 1. The molecular weight excluding hydrogens is 410 g/mol. The molecule has 1 aliphatic rings. The maximum atomic E-state index is 12.6. The van der Waals surface area contributed by atoms with Gasteiger partial charge in [-0.15, -0.1) is 4.40 Å². The molecule has 0 aromatic heterocycles. The molecule has 9 heteroatoms. The zero-order valence-electron chi connectivity index (χ0n) is 16.3. The van der Waals surface area contributed by atoms with E-state index in [0.29, 0.717) is 28.8 Å². The zero-order chi connectivity index (χ0) is 20.9. The van der Waals surface area contributed by atoms with Crippen molar-refractivity contribution >= 4 is 44.2 Å². The summed E-state index contributed by atoms with van der Waals surface area (Å²) in [7, 11) is -2.23. The number of carbonyl (C=O) groups excluding carboxylic acids is 1. The second-order valence-corrected chi connectivity index (χ2v) is 8.91. The molecule has 0 saturated carbocycles. The minimum atomic E-state index is -3.79. The Hall–Kier alpha value is -2.52. The van der Waals surface area contributed by atoms with E-state index in [9.17, 15) is 13.2 Å². The van der Waals surface area contributed by atoms with Crippen molar-refractivity contribution < 1.29 is 17.9 Å². The van der Waals surface area contributed by atoms with Crippen LogP contribution in [-0.4, -0.2) is 38.9 Å². The van der Waals surface area contributed by atoms with Gasteiger partial charge in [0.25, 0.3) is 10.0 Å². The summed E-state index contributed by atoms with van der Waals surface area (Å²) in [5, 5.41) is 3.11. The maximum absolute atomic E-state index is 12.6. The molecule has 1 aliphatic heterocycles. The number of fused-ring (bicyclic) bond motifs is 1. The van der Waals surface area contributed by atoms with Gasteiger partial charge in [0.05, 0.1) is 18.6 Å². The van der Waals surface area contributed by atoms with Crippen LogP contribution in [0, 0.1) is 0 Å². The molecule has 1 amide bonds. The fourth-order valence-electron chi connectivity index (χ4n) is 2.87. The fraction of sp³-hybridized carbons (Fsp3) is 0.300. The predicted molar refractivity (Wildman–Crippen MR) is 117 cm³/mol. The summed E-state index contributed by atoms with van der Waals surface area (Å²) in [4.78, 5) is 14.5. The lowest BCUT2D eigenvalue weighted by molar-refractivity contribution is -0.113. The number of para-hydroxylation sites is 1. The van der Waals surface area contributed by atoms with Gasteiger partial charge in [-0.05, 0) is 30.7 Å². The number of amides is 1. The van der Waals surface area contributed by atoms with E-state index in [1.54, 1.807) is 55.6 Å². The van der Waals surface area contributed by atoms with Crippen molar-refractivity contribution in [1.29, 1.82) is 0 Å². The number of hydrogen-bond acceptors (Lipinski definition) is 6. The van der Waals surface area contributed by atoms with Gasteiger partial charge in [-0.1, -0.05) is 43.3 Å². The van der Waals surface area contributed by atoms with E-state index in [1.165, 1.54) is 0 Å². The van der Waals surface area contributed by atoms with Gasteiger partial charge < -0.3 is 15.0 Å². The lowest BCUT2D eigenvalue weighted by Gasteiger charge is -2.30. The standard InChI is InChI=1S/C20H23N3O4S2/c1-3-4-12-23-17-10-5-6-11-18(17)29(25,26)22-20(23)28-14-19(24)21-15-8-7-9-16(13-15)27-2/h5-11,13H,3-4,12,14H2,1-2H3,(H,21,24). The molecule has 0 radical (unpaired) electrons. The molecule has 2 aromatic rings. The Morgan fingerprint density at radius 2 is 2.00 bits per heavy atom. The number of methoxy groups -OCH3 is 1. The Balaban J connectivity index is 1.75. The number of amidine groups is 1. The lowest BCUT2D eigenvalue weighted by atomic mass is 10.2. The SMILES string of the molecule is CCCCN1C(SCC(=O)Nc2cccc(OC)c2)=NS(=O)(=O)c2ccccc21. The number of ether oxygens (including phenoxy) is 1. The normalized spacial score (nSPS) is 14.7. The first-order valence-electron chi connectivity index (χ1n) is 9.23. The van der Waals surface area contributed by atoms with E-state index in [2.05, 4.69) is 16.6 Å². The largest absolute Gasteiger partial charge is 0.497 e. The van der Waals surface area contributed by atoms with Gasteiger partial charge in [0.2, 0.25) is 5.91 Å². The molecule has 0 unspecified atom stereocenters. The number of rotatable bonds is 7. The van der Waals surface area contributed by atoms with Crippen LogP contribution in [0.25, 0.3) is 0 Å². The van der Waals surface area contributed by atoms with Crippen LogP contribution in [0.4, 0.5) is 11.4 Å². The number of nitrogens with one attached hydrogen (secondary N) is 1. The van der Waals surface area contributed by atoms with Gasteiger partial charge in [-0.2, -0.15) is 8.42 Å². The Morgan fingerprint density at radius 3 is 2.76 bits per heavy atom. The van der Waals surface area contributed by atoms with Crippen molar-refractivity contribution in [3.63, 3.8) is 0 Å². The minimum Gasteiger partial charge on any atom is -0.497 e. The summed E-state index contributed by atoms with van der Waals surface area (Å²) in [5.74, 6) is 0.425. The summed E-state index contributed by atoms with van der Waals surface area (Å²) in [6.45, 7) is 2.70. The quantitative estimate of drug-likeness (QED) is 0.716. The van der Waals surface area contributed by atoms with Gasteiger partial charge >= 0.3 is 0 Å². The van der Waals surface area contributed by atoms with Crippen molar-refractivity contribution in [2.75, 3.05) is 29.6 Å². The van der Waals surface area contributed by atoms with E-state index < -0.39 is 10.0 Å². The monoisotopic (exact) mass is 433 g/mol. The molecule has 0 saturated heterocycles. The van der Waals surface area contributed by atoms with Crippen LogP contribution in [0.2, 0.25) is 0 Å². The van der Waals surface area contributed by atoms with Crippen LogP contribution >= 0.6 is 11.8 Å². The molecule has 3 rings (SSSR count). The summed E-state index contributed by atoms with van der Waals surface area (Å²) < 4.78 is 34.3. The molecule has 2 aromatic carbocycles. The maximum Gasteiger partial charge on any atom is 0.286 e. The molecular formula is C20H23N3O4S2. The van der Waals surface area contributed by atoms with Crippen molar-refractivity contribution in [3.05, 3.63) is 48.5 Å². The van der Waals surface area contributed by atoms with Crippen LogP contribution in [0.1, 0.15) is 19.8 Å². The second kappa shape index (κ2) is 9.32. The Morgan fingerprint density at radius 1 is 1.21 bits per heavy atom. The smallest absolute Gasteiger partial charge is 0.286 e. The molecule has 29 heavy (non-hydrogen) atoms. The molecule has 154 valence electrons. The van der Waals surface area contributed by atoms with Gasteiger partial charge in [0, 0.05) is 18.3 Å². The highest BCUT2D eigenvalue weighted by molar-refractivity contribution is 8.15. The average molecular weight is 434 g/mol. The third kappa shape index (κ3) is 5.10. The van der Waals surface area contributed by atoms with Crippen LogP contribution in [0.5, 0.6) is 5.75 Å². The topological polar surface area (TPSA) is 88.1 Å². The number of anilines is 2. The van der Waals surface area contributed by atoms with Gasteiger partial charge in [0.15, 0.2) is 5.17 Å². The second-order valence-electron chi connectivity index (χ2n) is 6.39. The fourth-order valence-corrected chi connectivity index (χ4v) is 5.15. The first kappa shape index (κ1) is 21.2. The van der Waals surface area contributed by atoms with Crippen molar-refractivity contribution in [3.8, 4) is 5.75 Å². The summed E-state index contributed by atoms with van der Waals surface area (Å²) >= 11 is 1.11. The third-order valence-corrected chi connectivity index (χ3v) is 6.69. The summed E-state index contributed by atoms with van der Waals surface area (Å²) in [6.07, 6.45) is 1.84. The molecule has 0 bridgehead atoms. The first-order chi connectivity index (χ1) is 13.9. The number of unbranched alkanes of at least 4 members (excludes halogenated alkanes) is 1. The van der Waals surface area contributed by atoms with Gasteiger partial charge in [-0.25, -0.2) is 0 Å². The molecule has 0 aliphatic carbocycles. The van der Waals surface area contributed by atoms with E-state index >= 15 is 0 Å². The van der Waals surface area contributed by atoms with Crippen LogP contribution in [0.3, 0.4) is 0 Å². The average Bonchev–Trinajstić information content (AvgIpc) is 2.72. The number of nitrogens with zero attached hydrogens (tertiary/aromatic N) is 2. The molecule has 0 fully saturated rings. The predicted octanol–water partition coefficient (Wildman–Crippen LogP) is 3.73. The molecule has 1 heterocycles. The lowest BCUT2D eigenvalue weighted by Crippen LogP contribution is -2.35. The molecule has 7 nitrogen and oxygen atoms in total. The van der Waals surface area contributed by atoms with Gasteiger partial charge in [0.1, 0.15) is 10.6 Å². The van der Waals surface area contributed by atoms with Crippen molar-refractivity contribution in [1.82, 2.24) is 0 Å².